The number of nitrogens with one attached hydrogen (secondary N) is 3. The second kappa shape index (κ2) is 10.1. The van der Waals surface area contributed by atoms with Gasteiger partial charge in [0.1, 0.15) is 5.69 Å². The van der Waals surface area contributed by atoms with Gasteiger partial charge in [0, 0.05) is 23.2 Å². The summed E-state index contributed by atoms with van der Waals surface area (Å²) in [6.07, 6.45) is 4.00. The number of aromatic amines is 1. The highest BCUT2D eigenvalue weighted by molar-refractivity contribution is 5.93. The highest BCUT2D eigenvalue weighted by Crippen LogP contribution is 2.25. The van der Waals surface area contributed by atoms with E-state index in [1.165, 1.54) is 6.20 Å². The van der Waals surface area contributed by atoms with Crippen LogP contribution in [0, 0.1) is 0 Å². The summed E-state index contributed by atoms with van der Waals surface area (Å²) in [4.78, 5) is 28.9. The van der Waals surface area contributed by atoms with Crippen molar-refractivity contribution >= 4 is 11.8 Å². The fraction of sp³-hybridized carbons (Fsp3) is 0.391. The van der Waals surface area contributed by atoms with Crippen LogP contribution in [0.3, 0.4) is 0 Å². The Hall–Kier alpha value is -3.42. The highest BCUT2D eigenvalue weighted by Gasteiger charge is 2.17. The summed E-state index contributed by atoms with van der Waals surface area (Å²) in [6, 6.07) is 9.37. The molecule has 3 N–H and O–H groups in total. The Morgan fingerprint density at radius 1 is 1.03 bits per heavy atom. The van der Waals surface area contributed by atoms with Gasteiger partial charge < -0.3 is 15.1 Å². The maximum absolute atomic E-state index is 12.4. The minimum absolute atomic E-state index is 0.0559. The van der Waals surface area contributed by atoms with Crippen LogP contribution in [-0.4, -0.2) is 39.1 Å². The van der Waals surface area contributed by atoms with Gasteiger partial charge in [0.2, 0.25) is 11.7 Å². The molecule has 0 radical (unpaired) electrons. The third-order valence-electron chi connectivity index (χ3n) is 5.27. The number of nitrogens with zero attached hydrogens (tertiary/aromatic N) is 2. The molecule has 1 unspecified atom stereocenters. The van der Waals surface area contributed by atoms with Crippen LogP contribution in [0.15, 0.2) is 40.9 Å². The van der Waals surface area contributed by atoms with E-state index in [0.29, 0.717) is 22.8 Å². The lowest BCUT2D eigenvalue weighted by atomic mass is 10.1. The van der Waals surface area contributed by atoms with Crippen molar-refractivity contribution in [2.45, 2.75) is 59.0 Å². The maximum atomic E-state index is 12.4. The second-order valence-corrected chi connectivity index (χ2v) is 7.55. The van der Waals surface area contributed by atoms with Crippen molar-refractivity contribution in [3.8, 4) is 22.7 Å². The first-order valence-corrected chi connectivity index (χ1v) is 10.7. The van der Waals surface area contributed by atoms with Crippen LogP contribution < -0.4 is 10.6 Å². The molecule has 164 valence electrons. The largest absolute Gasteiger partial charge is 0.431 e. The Kier molecular flexibility index (Phi) is 7.23. The number of carbonyl (C=O) groups is 2. The van der Waals surface area contributed by atoms with E-state index in [4.69, 9.17) is 4.42 Å². The molecule has 2 amide bonds. The zero-order valence-electron chi connectivity index (χ0n) is 18.4. The van der Waals surface area contributed by atoms with Crippen molar-refractivity contribution in [1.82, 2.24) is 25.8 Å². The molecular formula is C23H29N5O3. The van der Waals surface area contributed by atoms with E-state index >= 15 is 0 Å². The lowest BCUT2D eigenvalue weighted by molar-refractivity contribution is 0.0909. The average molecular weight is 424 g/mol. The molecule has 0 aliphatic heterocycles. The van der Waals surface area contributed by atoms with Crippen molar-refractivity contribution in [3.63, 3.8) is 0 Å². The Bertz CT molecular complexity index is 1040. The van der Waals surface area contributed by atoms with E-state index in [1.54, 1.807) is 6.07 Å². The molecule has 0 spiro atoms. The lowest BCUT2D eigenvalue weighted by Crippen LogP contribution is -2.33. The van der Waals surface area contributed by atoms with Crippen LogP contribution in [0.25, 0.3) is 22.7 Å². The molecule has 1 aromatic carbocycles. The molecule has 0 fully saturated rings. The van der Waals surface area contributed by atoms with Gasteiger partial charge in [0.15, 0.2) is 0 Å². The number of benzene rings is 1. The molecule has 8 heteroatoms. The summed E-state index contributed by atoms with van der Waals surface area (Å²) in [5.74, 6) is 0.0529. The smallest absolute Gasteiger partial charge is 0.288 e. The number of amides is 2. The second-order valence-electron chi connectivity index (χ2n) is 7.55. The number of oxazole rings is 1. The normalized spacial score (nSPS) is 12.0. The molecule has 0 saturated carbocycles. The Morgan fingerprint density at radius 2 is 1.77 bits per heavy atom. The molecule has 0 bridgehead atoms. The molecule has 8 nitrogen and oxygen atoms in total. The molecule has 3 rings (SSSR count). The fourth-order valence-electron chi connectivity index (χ4n) is 3.06. The van der Waals surface area contributed by atoms with Gasteiger partial charge in [-0.2, -0.15) is 5.10 Å². The lowest BCUT2D eigenvalue weighted by Gasteiger charge is -2.13. The van der Waals surface area contributed by atoms with Crippen molar-refractivity contribution in [2.24, 2.45) is 0 Å². The average Bonchev–Trinajstić information content (AvgIpc) is 3.47. The first kappa shape index (κ1) is 22.3. The van der Waals surface area contributed by atoms with Crippen LogP contribution in [-0.2, 0) is 0 Å². The number of H-pyrrole nitrogens is 1. The van der Waals surface area contributed by atoms with Crippen LogP contribution in [0.5, 0.6) is 0 Å². The number of hydrogen-bond acceptors (Lipinski definition) is 5. The quantitative estimate of drug-likeness (QED) is 0.478. The first-order chi connectivity index (χ1) is 14.9. The van der Waals surface area contributed by atoms with Gasteiger partial charge in [0.25, 0.3) is 11.8 Å². The summed E-state index contributed by atoms with van der Waals surface area (Å²) in [5.41, 5.74) is 2.57. The van der Waals surface area contributed by atoms with Crippen LogP contribution in [0.1, 0.15) is 68.0 Å². The van der Waals surface area contributed by atoms with Gasteiger partial charge in [-0.3, -0.25) is 14.7 Å². The maximum Gasteiger partial charge on any atom is 0.288 e. The number of carbonyl (C=O) groups excluding carboxylic acids is 2. The molecule has 3 aromatic rings. The summed E-state index contributed by atoms with van der Waals surface area (Å²) in [7, 11) is 0. The SMILES string of the molecule is CCC(C)NC(=O)c1cnc(-c2cccc(-c3cc(C(=O)NC(CC)CC)[nH]n3)c2)o1. The van der Waals surface area contributed by atoms with Gasteiger partial charge in [0.05, 0.1) is 11.9 Å². The van der Waals surface area contributed by atoms with Gasteiger partial charge in [-0.15, -0.1) is 0 Å². The molecular weight excluding hydrogens is 394 g/mol. The van der Waals surface area contributed by atoms with E-state index in [2.05, 4.69) is 25.8 Å². The van der Waals surface area contributed by atoms with Crippen molar-refractivity contribution in [2.75, 3.05) is 0 Å². The first-order valence-electron chi connectivity index (χ1n) is 10.7. The third-order valence-corrected chi connectivity index (χ3v) is 5.27. The van der Waals surface area contributed by atoms with E-state index < -0.39 is 0 Å². The molecule has 0 aliphatic carbocycles. The van der Waals surface area contributed by atoms with Crippen LogP contribution in [0.4, 0.5) is 0 Å². The minimum Gasteiger partial charge on any atom is -0.431 e. The topological polar surface area (TPSA) is 113 Å². The Labute approximate surface area is 181 Å². The van der Waals surface area contributed by atoms with E-state index in [0.717, 1.165) is 24.8 Å². The fourth-order valence-corrected chi connectivity index (χ4v) is 3.06. The van der Waals surface area contributed by atoms with Crippen LogP contribution >= 0.6 is 0 Å². The summed E-state index contributed by atoms with van der Waals surface area (Å²) in [5, 5.41) is 12.9. The number of aromatic nitrogens is 3. The molecule has 2 heterocycles. The third kappa shape index (κ3) is 5.39. The predicted molar refractivity (Wildman–Crippen MR) is 119 cm³/mol. The number of hydrogen-bond donors (Lipinski definition) is 3. The van der Waals surface area contributed by atoms with Gasteiger partial charge in [-0.1, -0.05) is 32.9 Å². The van der Waals surface area contributed by atoms with Gasteiger partial charge >= 0.3 is 0 Å². The molecule has 31 heavy (non-hydrogen) atoms. The van der Waals surface area contributed by atoms with Gasteiger partial charge in [-0.05, 0) is 44.4 Å². The Morgan fingerprint density at radius 3 is 2.48 bits per heavy atom. The number of rotatable bonds is 9. The molecule has 2 aromatic heterocycles. The van der Waals surface area contributed by atoms with Crippen LogP contribution in [0.2, 0.25) is 0 Å². The summed E-state index contributed by atoms with van der Waals surface area (Å²) >= 11 is 0. The van der Waals surface area contributed by atoms with E-state index in [-0.39, 0.29) is 29.7 Å². The summed E-state index contributed by atoms with van der Waals surface area (Å²) in [6.45, 7) is 8.01. The van der Waals surface area contributed by atoms with Gasteiger partial charge in [-0.25, -0.2) is 4.98 Å². The predicted octanol–water partition coefficient (Wildman–Crippen LogP) is 4.18. The highest BCUT2D eigenvalue weighted by atomic mass is 16.4. The minimum atomic E-state index is -0.287. The van der Waals surface area contributed by atoms with Crippen molar-refractivity contribution in [3.05, 3.63) is 48.0 Å². The van der Waals surface area contributed by atoms with E-state index in [9.17, 15) is 9.59 Å². The van der Waals surface area contributed by atoms with Crippen molar-refractivity contribution < 1.29 is 14.0 Å². The monoisotopic (exact) mass is 423 g/mol. The Balaban J connectivity index is 1.77. The zero-order valence-corrected chi connectivity index (χ0v) is 18.4. The van der Waals surface area contributed by atoms with E-state index in [1.807, 2.05) is 52.0 Å². The summed E-state index contributed by atoms with van der Waals surface area (Å²) < 4.78 is 5.66. The standard InChI is InChI=1S/C23H29N5O3/c1-5-14(4)25-22(30)20-13-24-23(31-20)16-10-8-9-15(11-16)18-12-19(28-27-18)21(29)26-17(6-2)7-3/h8-14,17H,5-7H2,1-4H3,(H,25,30)(H,26,29)(H,27,28). The molecule has 0 saturated heterocycles. The van der Waals surface area contributed by atoms with Crippen molar-refractivity contribution in [1.29, 1.82) is 0 Å². The zero-order chi connectivity index (χ0) is 22.4. The molecule has 1 atom stereocenters. The molecule has 0 aliphatic rings.